The van der Waals surface area contributed by atoms with Crippen LogP contribution in [0.3, 0.4) is 0 Å². The van der Waals surface area contributed by atoms with E-state index in [1.165, 1.54) is 23.9 Å². The molecule has 0 fully saturated rings. The molecule has 0 spiro atoms. The van der Waals surface area contributed by atoms with Crippen molar-refractivity contribution < 1.29 is 9.50 Å². The quantitative estimate of drug-likeness (QED) is 0.689. The number of benzene rings is 1. The lowest BCUT2D eigenvalue weighted by atomic mass is 10.2. The van der Waals surface area contributed by atoms with Gasteiger partial charge in [0.05, 0.1) is 0 Å². The van der Waals surface area contributed by atoms with Crippen molar-refractivity contribution in [1.82, 2.24) is 0 Å². The van der Waals surface area contributed by atoms with E-state index in [2.05, 4.69) is 0 Å². The highest BCUT2D eigenvalue weighted by Crippen LogP contribution is 2.21. The van der Waals surface area contributed by atoms with Crippen LogP contribution in [-0.2, 0) is 0 Å². The zero-order valence-corrected chi connectivity index (χ0v) is 6.86. The van der Waals surface area contributed by atoms with Gasteiger partial charge in [-0.1, -0.05) is 0 Å². The van der Waals surface area contributed by atoms with Crippen molar-refractivity contribution in [2.24, 2.45) is 0 Å². The molecule has 1 aromatic rings. The summed E-state index contributed by atoms with van der Waals surface area (Å²) in [7, 11) is 0. The average molecular weight is 171 g/mol. The number of aliphatic hydroxyl groups excluding tert-OH is 1. The summed E-state index contributed by atoms with van der Waals surface area (Å²) in [5.41, 5.74) is 0.525. The summed E-state index contributed by atoms with van der Waals surface area (Å²) in [4.78, 5) is 0.869. The van der Waals surface area contributed by atoms with Gasteiger partial charge in [0.1, 0.15) is 12.4 Å². The van der Waals surface area contributed by atoms with Gasteiger partial charge in [-0.2, -0.15) is 0 Å². The largest absolute Gasteiger partial charge is 0.385 e. The Morgan fingerprint density at radius 3 is 2.82 bits per heavy atom. The van der Waals surface area contributed by atoms with Gasteiger partial charge in [0.25, 0.3) is 0 Å². The Morgan fingerprint density at radius 1 is 1.55 bits per heavy atom. The zero-order valence-electron chi connectivity index (χ0n) is 6.04. The third-order valence-corrected chi connectivity index (χ3v) is 2.14. The minimum atomic E-state index is -0.330. The number of hydrogen-bond donors (Lipinski definition) is 1. The van der Waals surface area contributed by atoms with Gasteiger partial charge < -0.3 is 5.11 Å². The minimum Gasteiger partial charge on any atom is -0.385 e. The van der Waals surface area contributed by atoms with Crippen LogP contribution < -0.4 is 0 Å². The van der Waals surface area contributed by atoms with Crippen LogP contribution >= 0.6 is 11.8 Å². The molecule has 0 atom stereocenters. The molecule has 1 radical (unpaired) electrons. The van der Waals surface area contributed by atoms with Crippen molar-refractivity contribution in [1.29, 1.82) is 0 Å². The van der Waals surface area contributed by atoms with Crippen molar-refractivity contribution in [2.45, 2.75) is 4.90 Å². The van der Waals surface area contributed by atoms with E-state index in [4.69, 9.17) is 5.11 Å². The van der Waals surface area contributed by atoms with Crippen molar-refractivity contribution >= 4 is 11.8 Å². The summed E-state index contributed by atoms with van der Waals surface area (Å²) in [6.07, 6.45) is 1.88. The normalized spacial score (nSPS) is 10.1. The minimum absolute atomic E-state index is 0.330. The van der Waals surface area contributed by atoms with E-state index < -0.39 is 0 Å². The highest BCUT2D eigenvalue weighted by Gasteiger charge is 2.01. The summed E-state index contributed by atoms with van der Waals surface area (Å²) >= 11 is 1.47. The van der Waals surface area contributed by atoms with Gasteiger partial charge >= 0.3 is 0 Å². The molecule has 0 aliphatic heterocycles. The molecule has 1 nitrogen and oxygen atoms in total. The molecule has 0 bridgehead atoms. The van der Waals surface area contributed by atoms with E-state index in [0.717, 1.165) is 11.5 Å². The molecule has 0 unspecified atom stereocenters. The second kappa shape index (κ2) is 3.74. The van der Waals surface area contributed by atoms with Crippen molar-refractivity contribution in [3.8, 4) is 0 Å². The second-order valence-electron chi connectivity index (χ2n) is 2.02. The van der Waals surface area contributed by atoms with Crippen LogP contribution in [0, 0.1) is 12.4 Å². The van der Waals surface area contributed by atoms with Crippen molar-refractivity contribution in [3.63, 3.8) is 0 Å². The molecule has 59 valence electrons. The van der Waals surface area contributed by atoms with Crippen LogP contribution in [0.2, 0.25) is 0 Å². The van der Waals surface area contributed by atoms with E-state index >= 15 is 0 Å². The Kier molecular flexibility index (Phi) is 2.91. The van der Waals surface area contributed by atoms with Gasteiger partial charge in [0.2, 0.25) is 0 Å². The average Bonchev–Trinajstić information content (AvgIpc) is 2.04. The molecule has 0 aliphatic rings. The van der Waals surface area contributed by atoms with E-state index in [1.807, 2.05) is 6.26 Å². The van der Waals surface area contributed by atoms with Crippen molar-refractivity contribution in [2.75, 3.05) is 6.26 Å². The summed E-state index contributed by atoms with van der Waals surface area (Å²) in [5.74, 6) is -0.330. The van der Waals surface area contributed by atoms with E-state index in [-0.39, 0.29) is 5.82 Å². The molecule has 0 saturated carbocycles. The predicted molar refractivity (Wildman–Crippen MR) is 43.5 cm³/mol. The molecule has 0 heterocycles. The molecular weight excluding hydrogens is 163 g/mol. The Labute approximate surface area is 69.2 Å². The molecule has 11 heavy (non-hydrogen) atoms. The summed E-state index contributed by atoms with van der Waals surface area (Å²) < 4.78 is 12.5. The maximum absolute atomic E-state index is 12.5. The molecule has 0 saturated heterocycles. The highest BCUT2D eigenvalue weighted by atomic mass is 32.2. The van der Waals surface area contributed by atoms with Gasteiger partial charge in [0, 0.05) is 4.90 Å². The third kappa shape index (κ3) is 1.94. The molecular formula is C8H8FOS. The SMILES string of the molecule is CSc1ccc(F)cc1[CH]O. The van der Waals surface area contributed by atoms with Gasteiger partial charge in [-0.3, -0.25) is 0 Å². The molecule has 1 N–H and O–H groups in total. The molecule has 0 amide bonds. The summed E-state index contributed by atoms with van der Waals surface area (Å²) in [6.45, 7) is 0.912. The first kappa shape index (κ1) is 8.56. The second-order valence-corrected chi connectivity index (χ2v) is 2.86. The Balaban J connectivity index is 3.06. The lowest BCUT2D eigenvalue weighted by Crippen LogP contribution is -1.86. The molecule has 0 aliphatic carbocycles. The van der Waals surface area contributed by atoms with E-state index in [9.17, 15) is 4.39 Å². The molecule has 1 rings (SSSR count). The highest BCUT2D eigenvalue weighted by molar-refractivity contribution is 7.98. The third-order valence-electron chi connectivity index (χ3n) is 1.33. The first-order chi connectivity index (χ1) is 5.27. The molecule has 3 heteroatoms. The molecule has 0 aromatic heterocycles. The first-order valence-electron chi connectivity index (χ1n) is 3.09. The Bertz CT molecular complexity index is 250. The van der Waals surface area contributed by atoms with Crippen LogP contribution in [0.15, 0.2) is 23.1 Å². The first-order valence-corrected chi connectivity index (χ1v) is 4.31. The van der Waals surface area contributed by atoms with Crippen molar-refractivity contribution in [3.05, 3.63) is 36.2 Å². The van der Waals surface area contributed by atoms with Crippen LogP contribution in [0.25, 0.3) is 0 Å². The Hall–Kier alpha value is -0.540. The lowest BCUT2D eigenvalue weighted by molar-refractivity contribution is 0.411. The van der Waals surface area contributed by atoms with Gasteiger partial charge in [-0.15, -0.1) is 11.8 Å². The maximum atomic E-state index is 12.5. The number of rotatable bonds is 2. The topological polar surface area (TPSA) is 20.2 Å². The number of aliphatic hydroxyl groups is 1. The lowest BCUT2D eigenvalue weighted by Gasteiger charge is -2.02. The number of hydrogen-bond acceptors (Lipinski definition) is 2. The van der Waals surface area contributed by atoms with Gasteiger partial charge in [-0.05, 0) is 30.0 Å². The monoisotopic (exact) mass is 171 g/mol. The number of thioether (sulfide) groups is 1. The Morgan fingerprint density at radius 2 is 2.27 bits per heavy atom. The summed E-state index contributed by atoms with van der Waals surface area (Å²) in [6, 6.07) is 4.31. The summed E-state index contributed by atoms with van der Waals surface area (Å²) in [5, 5.41) is 8.67. The van der Waals surface area contributed by atoms with E-state index in [1.54, 1.807) is 6.07 Å². The fourth-order valence-corrected chi connectivity index (χ4v) is 1.36. The van der Waals surface area contributed by atoms with Crippen LogP contribution in [0.5, 0.6) is 0 Å². The van der Waals surface area contributed by atoms with Crippen LogP contribution in [0.1, 0.15) is 5.56 Å². The maximum Gasteiger partial charge on any atom is 0.123 e. The smallest absolute Gasteiger partial charge is 0.123 e. The fourth-order valence-electron chi connectivity index (χ4n) is 0.806. The van der Waals surface area contributed by atoms with E-state index in [0.29, 0.717) is 5.56 Å². The van der Waals surface area contributed by atoms with Crippen LogP contribution in [-0.4, -0.2) is 11.4 Å². The fraction of sp³-hybridized carbons (Fsp3) is 0.125. The van der Waals surface area contributed by atoms with Crippen LogP contribution in [0.4, 0.5) is 4.39 Å². The zero-order chi connectivity index (χ0) is 8.27. The molecule has 1 aromatic carbocycles. The van der Waals surface area contributed by atoms with Gasteiger partial charge in [0.15, 0.2) is 0 Å². The predicted octanol–water partition coefficient (Wildman–Crippen LogP) is 2.43. The standard InChI is InChI=1S/C8H8FOS/c1-11-8-3-2-7(9)4-6(8)5-10/h2-5,10H,1H3. The number of halogens is 1. The van der Waals surface area contributed by atoms with Gasteiger partial charge in [-0.25, -0.2) is 4.39 Å².